The highest BCUT2D eigenvalue weighted by atomic mass is 35.5. The van der Waals surface area contributed by atoms with Gasteiger partial charge >= 0.3 is 15.2 Å². The van der Waals surface area contributed by atoms with Crippen LogP contribution >= 0.6 is 26.8 Å². The number of hydrogen-bond acceptors (Lipinski definition) is 7. The van der Waals surface area contributed by atoms with Crippen LogP contribution in [0.15, 0.2) is 36.5 Å². The predicted octanol–water partition coefficient (Wildman–Crippen LogP) is 3.92. The summed E-state index contributed by atoms with van der Waals surface area (Å²) in [5, 5.41) is 4.77. The van der Waals surface area contributed by atoms with Crippen LogP contribution in [-0.4, -0.2) is 61.5 Å². The number of rotatable bonds is 10. The Morgan fingerprint density at radius 3 is 2.66 bits per heavy atom. The monoisotopic (exact) mass is 544 g/mol. The molecule has 0 radical (unpaired) electrons. The Bertz CT molecular complexity index is 1310. The Morgan fingerprint density at radius 1 is 1.20 bits per heavy atom. The van der Waals surface area contributed by atoms with Gasteiger partial charge in [0.25, 0.3) is 0 Å². The first kappa shape index (κ1) is 26.3. The van der Waals surface area contributed by atoms with Crippen molar-refractivity contribution in [1.82, 2.24) is 14.6 Å². The second-order valence-electron chi connectivity index (χ2n) is 8.53. The third kappa shape index (κ3) is 6.13. The van der Waals surface area contributed by atoms with Crippen molar-refractivity contribution in [3.63, 3.8) is 0 Å². The van der Waals surface area contributed by atoms with E-state index in [1.807, 2.05) is 19.1 Å². The van der Waals surface area contributed by atoms with Gasteiger partial charge in [-0.15, -0.1) is 0 Å². The highest BCUT2D eigenvalue weighted by Gasteiger charge is 2.32. The van der Waals surface area contributed by atoms with E-state index in [0.717, 1.165) is 30.0 Å². The molecule has 14 heteroatoms. The molecule has 1 aliphatic heterocycles. The smallest absolute Gasteiger partial charge is 0.340 e. The van der Waals surface area contributed by atoms with Crippen LogP contribution < -0.4 is 4.90 Å². The van der Waals surface area contributed by atoms with Gasteiger partial charge in [-0.05, 0) is 24.5 Å². The van der Waals surface area contributed by atoms with E-state index in [1.54, 1.807) is 16.8 Å². The summed E-state index contributed by atoms with van der Waals surface area (Å²) in [6.45, 7) is 2.42. The SMILES string of the molecule is CO[C@H](COP(=O)(O)CP(=O)(O)O)CC(C)c1cnc2c(N3CCc4ccccc43)cc(Cl)nn12. The number of halogens is 1. The van der Waals surface area contributed by atoms with Gasteiger partial charge in [0.1, 0.15) is 0 Å². The fourth-order valence-electron chi connectivity index (χ4n) is 4.28. The first-order valence-corrected chi connectivity index (χ1v) is 14.8. The zero-order valence-electron chi connectivity index (χ0n) is 19.2. The molecule has 3 N–H and O–H groups in total. The van der Waals surface area contributed by atoms with Gasteiger partial charge in [0.15, 0.2) is 16.7 Å². The van der Waals surface area contributed by atoms with Crippen molar-refractivity contribution >= 4 is 43.8 Å². The number of fused-ring (bicyclic) bond motifs is 2. The fraction of sp³-hybridized carbons (Fsp3) is 0.429. The average molecular weight is 545 g/mol. The number of para-hydroxylation sites is 1. The molecule has 2 unspecified atom stereocenters. The topological polar surface area (TPSA) is 147 Å². The minimum absolute atomic E-state index is 0.164. The molecular weight excluding hydrogens is 518 g/mol. The summed E-state index contributed by atoms with van der Waals surface area (Å²) in [6.07, 6.45) is 2.39. The average Bonchev–Trinajstić information content (AvgIpc) is 3.38. The number of imidazole rings is 1. The van der Waals surface area contributed by atoms with Gasteiger partial charge in [0, 0.05) is 31.3 Å². The summed E-state index contributed by atoms with van der Waals surface area (Å²) in [5.74, 6) is -1.41. The molecule has 11 nitrogen and oxygen atoms in total. The van der Waals surface area contributed by atoms with E-state index in [9.17, 15) is 14.0 Å². The highest BCUT2D eigenvalue weighted by Crippen LogP contribution is 2.55. The third-order valence-electron chi connectivity index (χ3n) is 5.90. The predicted molar refractivity (Wildman–Crippen MR) is 132 cm³/mol. The molecule has 0 saturated carbocycles. The van der Waals surface area contributed by atoms with Crippen LogP contribution in [0.2, 0.25) is 5.15 Å². The van der Waals surface area contributed by atoms with Gasteiger partial charge in [-0.25, -0.2) is 9.50 Å². The van der Waals surface area contributed by atoms with Crippen LogP contribution in [0.25, 0.3) is 5.65 Å². The molecule has 35 heavy (non-hydrogen) atoms. The molecule has 4 rings (SSSR count). The second kappa shape index (κ2) is 10.3. The molecular formula is C21H27ClN4O7P2. The lowest BCUT2D eigenvalue weighted by atomic mass is 10.0. The van der Waals surface area contributed by atoms with Crippen molar-refractivity contribution in [1.29, 1.82) is 0 Å². The van der Waals surface area contributed by atoms with Gasteiger partial charge in [-0.3, -0.25) is 9.13 Å². The van der Waals surface area contributed by atoms with Crippen molar-refractivity contribution in [2.24, 2.45) is 0 Å². The lowest BCUT2D eigenvalue weighted by Gasteiger charge is -2.22. The number of hydrogen-bond donors (Lipinski definition) is 3. The molecule has 2 aromatic heterocycles. The third-order valence-corrected chi connectivity index (χ3v) is 9.54. The van der Waals surface area contributed by atoms with E-state index < -0.39 is 27.2 Å². The number of aromatic nitrogens is 3. The summed E-state index contributed by atoms with van der Waals surface area (Å²) in [4.78, 5) is 34.4. The van der Waals surface area contributed by atoms with Crippen LogP contribution in [-0.2, 0) is 24.8 Å². The first-order chi connectivity index (χ1) is 16.5. The molecule has 0 saturated heterocycles. The lowest BCUT2D eigenvalue weighted by molar-refractivity contribution is 0.0440. The van der Waals surface area contributed by atoms with Gasteiger partial charge in [-0.2, -0.15) is 5.10 Å². The van der Waals surface area contributed by atoms with Gasteiger partial charge in [-0.1, -0.05) is 36.7 Å². The molecule has 3 atom stereocenters. The fourth-order valence-corrected chi connectivity index (χ4v) is 7.05. The van der Waals surface area contributed by atoms with E-state index >= 15 is 0 Å². The van der Waals surface area contributed by atoms with Gasteiger partial charge < -0.3 is 28.8 Å². The van der Waals surface area contributed by atoms with E-state index in [-0.39, 0.29) is 12.5 Å². The Labute approximate surface area is 207 Å². The minimum Gasteiger partial charge on any atom is -0.379 e. The number of benzene rings is 1. The van der Waals surface area contributed by atoms with Crippen molar-refractivity contribution in [3.8, 4) is 0 Å². The van der Waals surface area contributed by atoms with E-state index in [1.165, 1.54) is 12.7 Å². The standard InChI is InChI=1S/C21H27ClN4O7P2/c1-14(9-16(32-2)12-33-35(30,31)13-34(27,28)29)19-11-23-21-18(10-20(22)24-26(19)21)25-8-7-15-5-3-4-6-17(15)25/h3-6,10-11,14,16H,7-9,12-13H2,1-2H3,(H,30,31)(H2,27,28,29)/t14?,16-/m0/s1. The molecule has 0 spiro atoms. The quantitative estimate of drug-likeness (QED) is 0.321. The molecule has 0 amide bonds. The summed E-state index contributed by atoms with van der Waals surface area (Å²) < 4.78 is 35.0. The molecule has 3 aromatic rings. The molecule has 0 bridgehead atoms. The lowest BCUT2D eigenvalue weighted by Crippen LogP contribution is -2.21. The first-order valence-electron chi connectivity index (χ1n) is 10.9. The number of nitrogens with zero attached hydrogens (tertiary/aromatic N) is 4. The molecule has 0 fully saturated rings. The van der Waals surface area contributed by atoms with Crippen LogP contribution in [0.5, 0.6) is 0 Å². The minimum atomic E-state index is -4.70. The highest BCUT2D eigenvalue weighted by molar-refractivity contribution is 7.70. The van der Waals surface area contributed by atoms with E-state index in [4.69, 9.17) is 30.6 Å². The number of anilines is 2. The van der Waals surface area contributed by atoms with Crippen molar-refractivity contribution in [2.45, 2.75) is 31.8 Å². The van der Waals surface area contributed by atoms with Crippen LogP contribution in [0.4, 0.5) is 11.4 Å². The molecule has 3 heterocycles. The van der Waals surface area contributed by atoms with E-state index in [0.29, 0.717) is 17.2 Å². The summed E-state index contributed by atoms with van der Waals surface area (Å²) in [6, 6.07) is 9.98. The summed E-state index contributed by atoms with van der Waals surface area (Å²) in [5.41, 5.74) is 4.62. The van der Waals surface area contributed by atoms with Crippen LogP contribution in [0, 0.1) is 0 Å². The molecule has 1 aromatic carbocycles. The van der Waals surface area contributed by atoms with Crippen LogP contribution in [0.3, 0.4) is 0 Å². The summed E-state index contributed by atoms with van der Waals surface area (Å²) in [7, 11) is -7.75. The van der Waals surface area contributed by atoms with E-state index in [2.05, 4.69) is 27.1 Å². The summed E-state index contributed by atoms with van der Waals surface area (Å²) >= 11 is 6.39. The zero-order chi connectivity index (χ0) is 25.4. The normalized spacial score (nSPS) is 17.4. The molecule has 190 valence electrons. The Kier molecular flexibility index (Phi) is 7.71. The van der Waals surface area contributed by atoms with Crippen LogP contribution in [0.1, 0.15) is 30.5 Å². The Morgan fingerprint density at radius 2 is 1.94 bits per heavy atom. The Hall–Kier alpha value is -1.81. The maximum atomic E-state index is 12.0. The van der Waals surface area contributed by atoms with Crippen molar-refractivity contribution < 1.29 is 33.1 Å². The largest absolute Gasteiger partial charge is 0.379 e. The van der Waals surface area contributed by atoms with Gasteiger partial charge in [0.05, 0.1) is 30.3 Å². The second-order valence-corrected chi connectivity index (χ2v) is 12.9. The van der Waals surface area contributed by atoms with Crippen molar-refractivity contribution in [3.05, 3.63) is 52.9 Å². The zero-order valence-corrected chi connectivity index (χ0v) is 21.7. The maximum Gasteiger partial charge on any atom is 0.340 e. The maximum absolute atomic E-state index is 12.0. The number of ether oxygens (including phenoxy) is 1. The number of methoxy groups -OCH3 is 1. The molecule has 0 aliphatic carbocycles. The van der Waals surface area contributed by atoms with Gasteiger partial charge in [0.2, 0.25) is 0 Å². The molecule has 1 aliphatic rings. The Balaban J connectivity index is 1.54. The van der Waals surface area contributed by atoms with Crippen molar-refractivity contribution in [2.75, 3.05) is 31.1 Å².